The van der Waals surface area contributed by atoms with E-state index >= 15 is 0 Å². The number of aromatic nitrogens is 1. The van der Waals surface area contributed by atoms with Gasteiger partial charge in [-0.2, -0.15) is 0 Å². The number of carbonyl (C=O) groups is 1. The minimum atomic E-state index is -0.215. The second-order valence-electron chi connectivity index (χ2n) is 7.28. The van der Waals surface area contributed by atoms with Crippen molar-refractivity contribution < 1.29 is 4.79 Å². The molecule has 0 spiro atoms. The van der Waals surface area contributed by atoms with Gasteiger partial charge in [-0.1, -0.05) is 32.1 Å². The van der Waals surface area contributed by atoms with Crippen molar-refractivity contribution in [3.8, 4) is 0 Å². The molecule has 2 heterocycles. The molecule has 2 N–H and O–H groups in total. The van der Waals surface area contributed by atoms with Gasteiger partial charge in [0.25, 0.3) is 0 Å². The van der Waals surface area contributed by atoms with Crippen LogP contribution < -0.4 is 10.6 Å². The molecule has 1 aromatic carbocycles. The lowest BCUT2D eigenvalue weighted by molar-refractivity contribution is -0.124. The Bertz CT molecular complexity index is 811. The lowest BCUT2D eigenvalue weighted by atomic mass is 9.73. The molecule has 0 fully saturated rings. The summed E-state index contributed by atoms with van der Waals surface area (Å²) >= 11 is 0. The molecule has 24 heavy (non-hydrogen) atoms. The molecule has 1 aliphatic heterocycles. The highest BCUT2D eigenvalue weighted by molar-refractivity contribution is 5.90. The van der Waals surface area contributed by atoms with E-state index in [1.807, 2.05) is 36.4 Å². The number of para-hydroxylation sites is 2. The van der Waals surface area contributed by atoms with Crippen LogP contribution in [-0.4, -0.2) is 10.8 Å². The van der Waals surface area contributed by atoms with Crippen LogP contribution in [0.3, 0.4) is 0 Å². The van der Waals surface area contributed by atoms with Crippen molar-refractivity contribution in [2.75, 3.05) is 10.6 Å². The molecule has 0 saturated heterocycles. The molecular weight excluding hydrogens is 298 g/mol. The Balaban J connectivity index is 1.88. The maximum atomic E-state index is 13.0. The minimum absolute atomic E-state index is 0.0981. The van der Waals surface area contributed by atoms with Crippen LogP contribution in [0.5, 0.6) is 0 Å². The first-order valence-electron chi connectivity index (χ1n) is 8.31. The van der Waals surface area contributed by atoms with E-state index in [9.17, 15) is 4.79 Å². The van der Waals surface area contributed by atoms with E-state index in [1.165, 1.54) is 0 Å². The maximum Gasteiger partial charge on any atom is 0.145 e. The summed E-state index contributed by atoms with van der Waals surface area (Å²) in [7, 11) is 0. The average Bonchev–Trinajstić information content (AvgIpc) is 2.70. The van der Waals surface area contributed by atoms with E-state index in [4.69, 9.17) is 0 Å². The molecule has 0 amide bonds. The van der Waals surface area contributed by atoms with Crippen LogP contribution in [0, 0.1) is 11.3 Å². The summed E-state index contributed by atoms with van der Waals surface area (Å²) in [6.07, 6.45) is 6.34. The second-order valence-corrected chi connectivity index (χ2v) is 7.28. The summed E-state index contributed by atoms with van der Waals surface area (Å²) in [5, 5.41) is 7.09. The molecule has 0 bridgehead atoms. The van der Waals surface area contributed by atoms with Crippen LogP contribution in [-0.2, 0) is 4.79 Å². The summed E-state index contributed by atoms with van der Waals surface area (Å²) in [6, 6.07) is 12.0. The van der Waals surface area contributed by atoms with Gasteiger partial charge in [0.1, 0.15) is 5.78 Å². The van der Waals surface area contributed by atoms with Crippen molar-refractivity contribution in [2.24, 2.45) is 11.3 Å². The number of hydrogen-bond acceptors (Lipinski definition) is 4. The fourth-order valence-electron chi connectivity index (χ4n) is 3.74. The fraction of sp³-hybridized carbons (Fsp3) is 0.300. The topological polar surface area (TPSA) is 54.0 Å². The number of pyridine rings is 1. The van der Waals surface area contributed by atoms with Gasteiger partial charge in [-0.3, -0.25) is 9.78 Å². The third-order valence-electron chi connectivity index (χ3n) is 4.77. The normalized spacial score (nSPS) is 24.6. The van der Waals surface area contributed by atoms with Crippen molar-refractivity contribution in [1.29, 1.82) is 0 Å². The Kier molecular flexibility index (Phi) is 3.41. The number of Topliss-reactive ketones (excluding diaryl/α,β-unsaturated/α-hetero) is 1. The number of ketones is 1. The van der Waals surface area contributed by atoms with Gasteiger partial charge in [-0.25, -0.2) is 0 Å². The number of nitrogens with zero attached hydrogens (tertiary/aromatic N) is 1. The molecule has 2 unspecified atom stereocenters. The zero-order valence-electron chi connectivity index (χ0n) is 13.9. The smallest absolute Gasteiger partial charge is 0.145 e. The Morgan fingerprint density at radius 3 is 2.54 bits per heavy atom. The zero-order chi connectivity index (χ0) is 16.7. The highest BCUT2D eigenvalue weighted by atomic mass is 16.1. The van der Waals surface area contributed by atoms with E-state index in [0.717, 1.165) is 22.6 Å². The maximum absolute atomic E-state index is 13.0. The lowest BCUT2D eigenvalue weighted by Crippen LogP contribution is -2.36. The molecule has 2 atom stereocenters. The molecule has 4 rings (SSSR count). The third-order valence-corrected chi connectivity index (χ3v) is 4.77. The SMILES string of the molecule is CC1(C)C=C2Nc3ccccc3NC(c3ccncc3)C2C(=O)C1. The first-order valence-corrected chi connectivity index (χ1v) is 8.31. The summed E-state index contributed by atoms with van der Waals surface area (Å²) < 4.78 is 0. The molecule has 1 aliphatic carbocycles. The van der Waals surface area contributed by atoms with Crippen LogP contribution in [0.2, 0.25) is 0 Å². The van der Waals surface area contributed by atoms with Crippen LogP contribution in [0.25, 0.3) is 0 Å². The van der Waals surface area contributed by atoms with Gasteiger partial charge in [0.05, 0.1) is 23.3 Å². The van der Waals surface area contributed by atoms with Gasteiger partial charge < -0.3 is 10.6 Å². The van der Waals surface area contributed by atoms with E-state index in [2.05, 4.69) is 35.5 Å². The summed E-state index contributed by atoms with van der Waals surface area (Å²) in [5.74, 6) is 0.0555. The van der Waals surface area contributed by atoms with Crippen molar-refractivity contribution in [1.82, 2.24) is 4.98 Å². The number of rotatable bonds is 1. The molecule has 2 aliphatic rings. The van der Waals surface area contributed by atoms with Gasteiger partial charge in [0.2, 0.25) is 0 Å². The number of carbonyl (C=O) groups excluding carboxylic acids is 1. The van der Waals surface area contributed by atoms with Crippen LogP contribution >= 0.6 is 0 Å². The number of hydrogen-bond donors (Lipinski definition) is 2. The van der Waals surface area contributed by atoms with E-state index in [0.29, 0.717) is 6.42 Å². The molecule has 4 heteroatoms. The Labute approximate surface area is 142 Å². The van der Waals surface area contributed by atoms with E-state index < -0.39 is 0 Å². The quantitative estimate of drug-likeness (QED) is 0.829. The third kappa shape index (κ3) is 2.58. The molecule has 0 radical (unpaired) electrons. The predicted octanol–water partition coefficient (Wildman–Crippen LogP) is 4.16. The van der Waals surface area contributed by atoms with Crippen LogP contribution in [0.1, 0.15) is 31.9 Å². The first-order chi connectivity index (χ1) is 11.5. The number of benzene rings is 1. The summed E-state index contributed by atoms with van der Waals surface area (Å²) in [4.78, 5) is 17.1. The summed E-state index contributed by atoms with van der Waals surface area (Å²) in [6.45, 7) is 4.23. The Morgan fingerprint density at radius 1 is 1.08 bits per heavy atom. The molecule has 4 nitrogen and oxygen atoms in total. The largest absolute Gasteiger partial charge is 0.375 e. The van der Waals surface area contributed by atoms with Gasteiger partial charge in [-0.15, -0.1) is 0 Å². The highest BCUT2D eigenvalue weighted by Gasteiger charge is 2.41. The van der Waals surface area contributed by atoms with Crippen molar-refractivity contribution >= 4 is 17.2 Å². The standard InChI is InChI=1S/C20H21N3O/c1-20(2)11-16-18(17(24)12-20)19(13-7-9-21-10-8-13)23-15-6-4-3-5-14(15)22-16/h3-11,18-19,22-23H,12H2,1-2H3. The monoisotopic (exact) mass is 319 g/mol. The lowest BCUT2D eigenvalue weighted by Gasteiger charge is -2.35. The first kappa shape index (κ1) is 14.9. The van der Waals surface area contributed by atoms with E-state index in [1.54, 1.807) is 12.4 Å². The van der Waals surface area contributed by atoms with Gasteiger partial charge in [0, 0.05) is 24.5 Å². The second kappa shape index (κ2) is 5.48. The van der Waals surface area contributed by atoms with Crippen molar-refractivity contribution in [3.63, 3.8) is 0 Å². The number of anilines is 2. The van der Waals surface area contributed by atoms with Gasteiger partial charge in [-0.05, 0) is 35.2 Å². The molecule has 122 valence electrons. The van der Waals surface area contributed by atoms with E-state index in [-0.39, 0.29) is 23.2 Å². The highest BCUT2D eigenvalue weighted by Crippen LogP contribution is 2.45. The predicted molar refractivity (Wildman–Crippen MR) is 95.6 cm³/mol. The summed E-state index contributed by atoms with van der Waals surface area (Å²) in [5.41, 5.74) is 3.97. The van der Waals surface area contributed by atoms with Gasteiger partial charge >= 0.3 is 0 Å². The minimum Gasteiger partial charge on any atom is -0.375 e. The van der Waals surface area contributed by atoms with Crippen LogP contribution in [0.4, 0.5) is 11.4 Å². The van der Waals surface area contributed by atoms with Crippen LogP contribution in [0.15, 0.2) is 60.6 Å². The Morgan fingerprint density at radius 2 is 1.79 bits per heavy atom. The zero-order valence-corrected chi connectivity index (χ0v) is 13.9. The van der Waals surface area contributed by atoms with Gasteiger partial charge in [0.15, 0.2) is 0 Å². The Hall–Kier alpha value is -2.62. The average molecular weight is 319 g/mol. The fourth-order valence-corrected chi connectivity index (χ4v) is 3.74. The number of allylic oxidation sites excluding steroid dienone is 1. The number of nitrogens with one attached hydrogen (secondary N) is 2. The van der Waals surface area contributed by atoms with Crippen molar-refractivity contribution in [2.45, 2.75) is 26.3 Å². The molecular formula is C20H21N3O. The molecule has 0 saturated carbocycles. The number of fused-ring (bicyclic) bond motifs is 2. The molecule has 1 aromatic heterocycles. The van der Waals surface area contributed by atoms with Crippen molar-refractivity contribution in [3.05, 3.63) is 66.1 Å². The molecule has 2 aromatic rings.